The Labute approximate surface area is 126 Å². The Bertz CT molecular complexity index is 234. The molecular weight excluding hydrogens is 304 g/mol. The molecule has 0 aromatic heterocycles. The highest BCUT2D eigenvalue weighted by Gasteiger charge is 2.02. The number of hydrogen-bond donors (Lipinski definition) is 6. The van der Waals surface area contributed by atoms with Gasteiger partial charge in [-0.3, -0.25) is 0 Å². The molecule has 0 aliphatic carbocycles. The number of aliphatic hydroxyl groups excluding tert-OH is 3. The van der Waals surface area contributed by atoms with Crippen LogP contribution >= 0.6 is 0 Å². The second kappa shape index (κ2) is 18.5. The predicted molar refractivity (Wildman–Crippen MR) is 78.4 cm³/mol. The van der Waals surface area contributed by atoms with Gasteiger partial charge in [0.1, 0.15) is 18.3 Å². The van der Waals surface area contributed by atoms with Crippen LogP contribution in [0.25, 0.3) is 0 Å². The normalized spacial score (nSPS) is 12.7. The van der Waals surface area contributed by atoms with Crippen LogP contribution in [0.15, 0.2) is 0 Å². The van der Waals surface area contributed by atoms with E-state index in [0.29, 0.717) is 0 Å². The molecule has 21 heavy (non-hydrogen) atoms. The van der Waals surface area contributed by atoms with Crippen LogP contribution in [0, 0.1) is 0 Å². The first-order valence-electron chi connectivity index (χ1n) is 6.07. The van der Waals surface area contributed by atoms with Crippen LogP contribution in [0.1, 0.15) is 27.7 Å². The number of carboxylic acid groups (broad SMARTS) is 3. The molecule has 3 unspecified atom stereocenters. The summed E-state index contributed by atoms with van der Waals surface area (Å²) in [5.41, 5.74) is 0. The third-order valence-corrected chi connectivity index (χ3v) is 1.07. The number of rotatable bonds is 3. The van der Waals surface area contributed by atoms with Gasteiger partial charge in [0.2, 0.25) is 0 Å². The Kier molecular flexibility index (Phi) is 24.5. The van der Waals surface area contributed by atoms with Crippen molar-refractivity contribution in [3.05, 3.63) is 0 Å². The van der Waals surface area contributed by atoms with Crippen molar-refractivity contribution in [1.82, 2.24) is 0 Å². The quantitative estimate of drug-likeness (QED) is 0.324. The van der Waals surface area contributed by atoms with E-state index < -0.39 is 36.2 Å². The lowest BCUT2D eigenvalue weighted by molar-refractivity contribution is -0.146. The molecule has 0 saturated heterocycles. The van der Waals surface area contributed by atoms with Gasteiger partial charge in [0.25, 0.3) is 0 Å². The third kappa shape index (κ3) is 45.7. The Hall–Kier alpha value is -1.49. The average Bonchev–Trinajstić information content (AvgIpc) is 2.30. The van der Waals surface area contributed by atoms with E-state index in [1.165, 1.54) is 37.1 Å². The summed E-state index contributed by atoms with van der Waals surface area (Å²) >= 11 is 0. The zero-order valence-corrected chi connectivity index (χ0v) is 14.8. The first-order chi connectivity index (χ1) is 9.34. The maximum atomic E-state index is 9.45. The van der Waals surface area contributed by atoms with Gasteiger partial charge in [-0.2, -0.15) is 0 Å². The molecule has 0 bridgehead atoms. The topological polar surface area (TPSA) is 173 Å². The number of aliphatic hydroxyl groups is 3. The number of carboxylic acids is 3. The van der Waals surface area contributed by atoms with Crippen molar-refractivity contribution in [2.45, 2.75) is 52.1 Å². The molecule has 0 aromatic carbocycles. The summed E-state index contributed by atoms with van der Waals surface area (Å²) in [5.74, 6) is -3.56. The van der Waals surface area contributed by atoms with Gasteiger partial charge in [0.05, 0.1) is 0 Å². The first kappa shape index (κ1) is 27.8. The fraction of sp³-hybridized carbons (Fsp3) is 0.727. The van der Waals surface area contributed by atoms with Crippen LogP contribution in [0.4, 0.5) is 0 Å². The molecule has 0 aromatic rings. The van der Waals surface area contributed by atoms with Gasteiger partial charge < -0.3 is 30.6 Å². The summed E-state index contributed by atoms with van der Waals surface area (Å²) in [5, 5.41) is 47.3. The van der Waals surface area contributed by atoms with Gasteiger partial charge in [-0.15, -0.1) is 0 Å². The Morgan fingerprint density at radius 3 is 0.810 bits per heavy atom. The summed E-state index contributed by atoms with van der Waals surface area (Å²) in [6, 6.07) is 1.39. The molecule has 0 aliphatic rings. The summed E-state index contributed by atoms with van der Waals surface area (Å²) in [7, 11) is 1.37. The smallest absolute Gasteiger partial charge is 0.332 e. The molecule has 0 heterocycles. The fourth-order valence-corrected chi connectivity index (χ4v) is 0. The van der Waals surface area contributed by atoms with Crippen molar-refractivity contribution in [2.75, 3.05) is 0 Å². The molecule has 128 valence electrons. The van der Waals surface area contributed by atoms with Gasteiger partial charge >= 0.3 is 17.9 Å². The van der Waals surface area contributed by atoms with Gasteiger partial charge in [-0.05, 0) is 20.8 Å². The summed E-state index contributed by atoms with van der Waals surface area (Å²) in [6.07, 6.45) is -3.69. The van der Waals surface area contributed by atoms with Crippen molar-refractivity contribution >= 4 is 28.2 Å². The zero-order valence-electron chi connectivity index (χ0n) is 12.8. The molecule has 0 aliphatic heterocycles. The molecule has 3 atom stereocenters. The minimum Gasteiger partial charge on any atom is -0.479 e. The summed E-state index contributed by atoms with van der Waals surface area (Å²) in [4.78, 5) is 28.3. The van der Waals surface area contributed by atoms with E-state index in [0.717, 1.165) is 0 Å². The van der Waals surface area contributed by atoms with Crippen LogP contribution in [0.5, 0.6) is 0 Å². The summed E-state index contributed by atoms with van der Waals surface area (Å²) in [6.45, 7) is 5.78. The third-order valence-electron chi connectivity index (χ3n) is 1.07. The predicted octanol–water partition coefficient (Wildman–Crippen LogP) is -1.85. The summed E-state index contributed by atoms with van der Waals surface area (Å²) < 4.78 is 0. The number of carbonyl (C=O) groups is 3. The number of aliphatic carboxylic acids is 3. The average molecular weight is 330 g/mol. The molecule has 0 fully saturated rings. The first-order valence-corrected chi connectivity index (χ1v) is 7.48. The van der Waals surface area contributed by atoms with Gasteiger partial charge in [0, 0.05) is 10.2 Å². The van der Waals surface area contributed by atoms with E-state index in [1.807, 2.05) is 0 Å². The molecule has 0 radical (unpaired) electrons. The molecule has 0 rings (SSSR count). The molecule has 9 nitrogen and oxygen atoms in total. The van der Waals surface area contributed by atoms with Crippen molar-refractivity contribution in [3.63, 3.8) is 0 Å². The minimum absolute atomic E-state index is 1.19. The van der Waals surface area contributed by atoms with Crippen LogP contribution < -0.4 is 0 Å². The van der Waals surface area contributed by atoms with Crippen molar-refractivity contribution in [1.29, 1.82) is 0 Å². The highest BCUT2D eigenvalue weighted by Crippen LogP contribution is 1.74. The van der Waals surface area contributed by atoms with E-state index in [9.17, 15) is 14.4 Å². The Balaban J connectivity index is -0.0000000944. The van der Waals surface area contributed by atoms with Crippen LogP contribution in [-0.4, -0.2) is 77.1 Å². The molecular formula is C11H26O9Si. The number of hydrogen-bond acceptors (Lipinski definition) is 6. The van der Waals surface area contributed by atoms with E-state index in [4.69, 9.17) is 30.6 Å². The Morgan fingerprint density at radius 2 is 0.810 bits per heavy atom. The van der Waals surface area contributed by atoms with E-state index >= 15 is 0 Å². The van der Waals surface area contributed by atoms with Crippen molar-refractivity contribution < 1.29 is 45.0 Å². The molecule has 6 N–H and O–H groups in total. The van der Waals surface area contributed by atoms with Gasteiger partial charge in [0.15, 0.2) is 0 Å². The maximum Gasteiger partial charge on any atom is 0.332 e. The lowest BCUT2D eigenvalue weighted by Crippen LogP contribution is -2.13. The van der Waals surface area contributed by atoms with Crippen molar-refractivity contribution in [3.8, 4) is 0 Å². The van der Waals surface area contributed by atoms with Crippen molar-refractivity contribution in [2.24, 2.45) is 0 Å². The monoisotopic (exact) mass is 330 g/mol. The van der Waals surface area contributed by atoms with E-state index in [-0.39, 0.29) is 0 Å². The minimum atomic E-state index is -1.23. The zero-order chi connectivity index (χ0) is 18.2. The molecule has 0 spiro atoms. The SMILES string of the molecule is CC(O)C(=O)O.CC(O)C(=O)O.CC(O)C(=O)O.CC[SiH3]. The lowest BCUT2D eigenvalue weighted by Gasteiger charge is -1.89. The van der Waals surface area contributed by atoms with E-state index in [2.05, 4.69) is 6.92 Å². The van der Waals surface area contributed by atoms with E-state index in [1.54, 1.807) is 0 Å². The second-order valence-electron chi connectivity index (χ2n) is 3.75. The standard InChI is InChI=1S/3C3H6O3.C2H8Si/c3*1-2(4)3(5)6;1-2-3/h3*2,4H,1H3,(H,5,6);2H2,1,3H3. The van der Waals surface area contributed by atoms with Crippen LogP contribution in [0.2, 0.25) is 6.04 Å². The Morgan fingerprint density at radius 1 is 0.762 bits per heavy atom. The highest BCUT2D eigenvalue weighted by molar-refractivity contribution is 6.08. The van der Waals surface area contributed by atoms with Crippen LogP contribution in [0.3, 0.4) is 0 Å². The van der Waals surface area contributed by atoms with Crippen LogP contribution in [-0.2, 0) is 14.4 Å². The second-order valence-corrected chi connectivity index (χ2v) is 5.16. The molecule has 0 saturated carbocycles. The lowest BCUT2D eigenvalue weighted by atomic mass is 10.4. The molecule has 10 heteroatoms. The highest BCUT2D eigenvalue weighted by atomic mass is 28.1. The van der Waals surface area contributed by atoms with Gasteiger partial charge in [-0.1, -0.05) is 13.0 Å². The largest absolute Gasteiger partial charge is 0.479 e. The van der Waals surface area contributed by atoms with Gasteiger partial charge in [-0.25, -0.2) is 14.4 Å². The fourth-order valence-electron chi connectivity index (χ4n) is 0. The maximum absolute atomic E-state index is 9.45. The molecule has 0 amide bonds.